The summed E-state index contributed by atoms with van der Waals surface area (Å²) in [6.07, 6.45) is 4.84. The van der Waals surface area contributed by atoms with Crippen molar-refractivity contribution >= 4 is 46.7 Å². The Bertz CT molecular complexity index is 1830. The zero-order chi connectivity index (χ0) is 30.5. The minimum Gasteiger partial charge on any atom is -0.494 e. The van der Waals surface area contributed by atoms with Gasteiger partial charge in [-0.1, -0.05) is 54.9 Å². The fraction of sp³-hybridized carbons (Fsp3) is 0.139. The van der Waals surface area contributed by atoms with Gasteiger partial charge in [-0.15, -0.1) is 11.8 Å². The van der Waals surface area contributed by atoms with Crippen LogP contribution in [0.2, 0.25) is 5.02 Å². The third kappa shape index (κ3) is 6.49. The second-order valence-corrected chi connectivity index (χ2v) is 11.8. The number of anilines is 1. The van der Waals surface area contributed by atoms with Gasteiger partial charge in [-0.3, -0.25) is 4.79 Å². The second-order valence-electron chi connectivity index (χ2n) is 10.3. The molecule has 0 spiro atoms. The number of amides is 1. The molecular weight excluding hydrogens is 588 g/mol. The van der Waals surface area contributed by atoms with E-state index in [1.54, 1.807) is 11.8 Å². The van der Waals surface area contributed by atoms with Gasteiger partial charge in [-0.25, -0.2) is 4.68 Å². The largest absolute Gasteiger partial charge is 0.494 e. The van der Waals surface area contributed by atoms with Crippen molar-refractivity contribution in [2.24, 2.45) is 5.10 Å². The van der Waals surface area contributed by atoms with Crippen LogP contribution in [-0.4, -0.2) is 33.8 Å². The highest BCUT2D eigenvalue weighted by Gasteiger charge is 2.32. The van der Waals surface area contributed by atoms with E-state index < -0.39 is 0 Å². The van der Waals surface area contributed by atoms with Gasteiger partial charge in [0.2, 0.25) is 0 Å². The molecule has 0 saturated carbocycles. The number of thioether (sulfide) groups is 1. The molecular formula is C36H31ClN4O2S. The topological polar surface area (TPSA) is 59.7 Å². The van der Waals surface area contributed by atoms with Crippen molar-refractivity contribution < 1.29 is 9.53 Å². The van der Waals surface area contributed by atoms with Crippen molar-refractivity contribution in [3.8, 4) is 22.7 Å². The molecule has 44 heavy (non-hydrogen) atoms. The molecule has 6 rings (SSSR count). The molecule has 0 bridgehead atoms. The number of aromatic nitrogens is 2. The summed E-state index contributed by atoms with van der Waals surface area (Å²) >= 11 is 7.71. The van der Waals surface area contributed by atoms with E-state index in [1.165, 1.54) is 5.01 Å². The maximum Gasteiger partial charge on any atom is 0.280 e. The standard InChI is InChI=1S/C36H31ClN4O2S/c1-3-20-43-30-16-19-32(25(2)21-30)35-26(23-40(39-35)28-10-6-4-7-11-28)22-33-34(24-44-31-17-14-27(37)15-18-31)38-41(36(33)42)29-12-8-5-9-13-29/h4-19,21-23H,3,20,24H2,1-2H3. The number of hydrazone groups is 1. The summed E-state index contributed by atoms with van der Waals surface area (Å²) in [6, 6.07) is 33.2. The molecule has 0 radical (unpaired) electrons. The average Bonchev–Trinajstić information content (AvgIpc) is 3.61. The first-order chi connectivity index (χ1) is 21.5. The summed E-state index contributed by atoms with van der Waals surface area (Å²) < 4.78 is 7.74. The number of hydrogen-bond donors (Lipinski definition) is 0. The van der Waals surface area contributed by atoms with Crippen LogP contribution in [-0.2, 0) is 4.79 Å². The zero-order valence-electron chi connectivity index (χ0n) is 24.5. The zero-order valence-corrected chi connectivity index (χ0v) is 26.1. The van der Waals surface area contributed by atoms with Crippen molar-refractivity contribution in [3.05, 3.63) is 131 Å². The molecule has 6 nitrogen and oxygen atoms in total. The highest BCUT2D eigenvalue weighted by molar-refractivity contribution is 8.00. The summed E-state index contributed by atoms with van der Waals surface area (Å²) in [4.78, 5) is 15.0. The first-order valence-corrected chi connectivity index (χ1v) is 15.8. The summed E-state index contributed by atoms with van der Waals surface area (Å²) in [5.41, 5.74) is 6.46. The number of para-hydroxylation sites is 2. The van der Waals surface area contributed by atoms with E-state index in [0.717, 1.165) is 45.1 Å². The molecule has 1 aliphatic rings. The molecule has 5 aromatic rings. The Kier molecular flexibility index (Phi) is 8.96. The van der Waals surface area contributed by atoms with E-state index in [1.807, 2.05) is 120 Å². The van der Waals surface area contributed by atoms with Crippen molar-refractivity contribution in [2.75, 3.05) is 17.4 Å². The van der Waals surface area contributed by atoms with Gasteiger partial charge in [-0.05, 0) is 91.7 Å². The molecule has 1 aliphatic heterocycles. The van der Waals surface area contributed by atoms with Crippen molar-refractivity contribution in [1.82, 2.24) is 9.78 Å². The quantitative estimate of drug-likeness (QED) is 0.116. The van der Waals surface area contributed by atoms with Crippen LogP contribution in [0.25, 0.3) is 23.0 Å². The van der Waals surface area contributed by atoms with Gasteiger partial charge < -0.3 is 4.74 Å². The third-order valence-corrected chi connectivity index (χ3v) is 8.41. The van der Waals surface area contributed by atoms with Crippen LogP contribution in [0.15, 0.2) is 125 Å². The maximum atomic E-state index is 14.0. The minimum atomic E-state index is -0.179. The van der Waals surface area contributed by atoms with E-state index in [-0.39, 0.29) is 5.91 Å². The Morgan fingerprint density at radius 1 is 0.909 bits per heavy atom. The number of ether oxygens (including phenoxy) is 1. The van der Waals surface area contributed by atoms with E-state index in [4.69, 9.17) is 26.5 Å². The molecule has 2 heterocycles. The molecule has 8 heteroatoms. The monoisotopic (exact) mass is 618 g/mol. The fourth-order valence-electron chi connectivity index (χ4n) is 4.92. The van der Waals surface area contributed by atoms with Gasteiger partial charge >= 0.3 is 0 Å². The van der Waals surface area contributed by atoms with Crippen LogP contribution < -0.4 is 9.75 Å². The number of benzene rings is 4. The summed E-state index contributed by atoms with van der Waals surface area (Å²) in [7, 11) is 0. The summed E-state index contributed by atoms with van der Waals surface area (Å²) in [6.45, 7) is 4.81. The van der Waals surface area contributed by atoms with Crippen LogP contribution in [0.3, 0.4) is 0 Å². The van der Waals surface area contributed by atoms with Crippen molar-refractivity contribution in [3.63, 3.8) is 0 Å². The van der Waals surface area contributed by atoms with E-state index >= 15 is 0 Å². The molecule has 1 aromatic heterocycles. The van der Waals surface area contributed by atoms with E-state index in [2.05, 4.69) is 13.8 Å². The molecule has 0 saturated heterocycles. The lowest BCUT2D eigenvalue weighted by Gasteiger charge is -2.11. The Labute approximate surface area is 266 Å². The number of hydrogen-bond acceptors (Lipinski definition) is 5. The Morgan fingerprint density at radius 3 is 2.30 bits per heavy atom. The highest BCUT2D eigenvalue weighted by atomic mass is 35.5. The summed E-state index contributed by atoms with van der Waals surface area (Å²) in [5, 5.41) is 12.0. The van der Waals surface area contributed by atoms with Gasteiger partial charge in [0.05, 0.1) is 29.3 Å². The van der Waals surface area contributed by atoms with Gasteiger partial charge in [-0.2, -0.15) is 15.2 Å². The number of carbonyl (C=O) groups excluding carboxylic acids is 1. The first kappa shape index (κ1) is 29.5. The van der Waals surface area contributed by atoms with E-state index in [0.29, 0.717) is 34.4 Å². The fourth-order valence-corrected chi connectivity index (χ4v) is 5.89. The van der Waals surface area contributed by atoms with Crippen LogP contribution in [0.4, 0.5) is 5.69 Å². The number of carbonyl (C=O) groups is 1. The van der Waals surface area contributed by atoms with Crippen molar-refractivity contribution in [1.29, 1.82) is 0 Å². The molecule has 1 amide bonds. The summed E-state index contributed by atoms with van der Waals surface area (Å²) in [5.74, 6) is 1.16. The lowest BCUT2D eigenvalue weighted by Crippen LogP contribution is -2.21. The third-order valence-electron chi connectivity index (χ3n) is 7.13. The van der Waals surface area contributed by atoms with Crippen LogP contribution in [0.5, 0.6) is 5.75 Å². The van der Waals surface area contributed by atoms with Gasteiger partial charge in [0.15, 0.2) is 0 Å². The number of halogens is 1. The molecule has 220 valence electrons. The average molecular weight is 619 g/mol. The second kappa shape index (κ2) is 13.4. The highest BCUT2D eigenvalue weighted by Crippen LogP contribution is 2.34. The van der Waals surface area contributed by atoms with Crippen molar-refractivity contribution in [2.45, 2.75) is 25.2 Å². The number of aryl methyl sites for hydroxylation is 1. The van der Waals surface area contributed by atoms with Gasteiger partial charge in [0.25, 0.3) is 5.91 Å². The lowest BCUT2D eigenvalue weighted by atomic mass is 10.00. The van der Waals surface area contributed by atoms with Crippen LogP contribution >= 0.6 is 23.4 Å². The molecule has 0 atom stereocenters. The van der Waals surface area contributed by atoms with Gasteiger partial charge in [0.1, 0.15) is 11.4 Å². The Balaban J connectivity index is 1.43. The minimum absolute atomic E-state index is 0.179. The normalized spacial score (nSPS) is 13.9. The Morgan fingerprint density at radius 2 is 1.61 bits per heavy atom. The first-order valence-electron chi connectivity index (χ1n) is 14.5. The maximum absolute atomic E-state index is 14.0. The number of rotatable bonds is 10. The SMILES string of the molecule is CCCOc1ccc(-c2nn(-c3ccccc3)cc2C=C2C(=O)N(c3ccccc3)N=C2CSc2ccc(Cl)cc2)c(C)c1. The predicted molar refractivity (Wildman–Crippen MR) is 181 cm³/mol. The molecule has 0 N–H and O–H groups in total. The lowest BCUT2D eigenvalue weighted by molar-refractivity contribution is -0.114. The van der Waals surface area contributed by atoms with Gasteiger partial charge in [0, 0.05) is 33.0 Å². The predicted octanol–water partition coefficient (Wildman–Crippen LogP) is 8.87. The molecule has 0 aliphatic carbocycles. The molecule has 0 unspecified atom stereocenters. The molecule has 0 fully saturated rings. The number of nitrogens with zero attached hydrogens (tertiary/aromatic N) is 4. The molecule has 4 aromatic carbocycles. The Hall–Kier alpha value is -4.59. The van der Waals surface area contributed by atoms with Crippen LogP contribution in [0, 0.1) is 6.92 Å². The smallest absolute Gasteiger partial charge is 0.280 e. The van der Waals surface area contributed by atoms with Crippen LogP contribution in [0.1, 0.15) is 24.5 Å². The van der Waals surface area contributed by atoms with E-state index in [9.17, 15) is 4.79 Å².